The molecule has 2 aromatic carbocycles. The number of carbonyl (C=O) groups excluding carboxylic acids is 2. The lowest BCUT2D eigenvalue weighted by Gasteiger charge is -2.17. The van der Waals surface area contributed by atoms with Crippen molar-refractivity contribution < 1.29 is 9.59 Å². The highest BCUT2D eigenvalue weighted by molar-refractivity contribution is 6.06. The summed E-state index contributed by atoms with van der Waals surface area (Å²) in [5.41, 5.74) is 7.91. The van der Waals surface area contributed by atoms with Crippen LogP contribution in [-0.4, -0.2) is 42.9 Å². The molecule has 0 bridgehead atoms. The van der Waals surface area contributed by atoms with Crippen molar-refractivity contribution in [3.8, 4) is 0 Å². The number of nitrogens with one attached hydrogen (secondary N) is 2. The Balaban J connectivity index is 1.86. The molecule has 0 aliphatic heterocycles. The fourth-order valence-electron chi connectivity index (χ4n) is 2.72. The average molecular weight is 368 g/mol. The van der Waals surface area contributed by atoms with Gasteiger partial charge in [0.1, 0.15) is 0 Å². The predicted molar refractivity (Wildman–Crippen MR) is 110 cm³/mol. The van der Waals surface area contributed by atoms with Crippen molar-refractivity contribution in [2.75, 3.05) is 37.2 Å². The minimum atomic E-state index is -0.265. The van der Waals surface area contributed by atoms with Crippen molar-refractivity contribution >= 4 is 23.2 Å². The quantitative estimate of drug-likeness (QED) is 0.469. The van der Waals surface area contributed by atoms with Gasteiger partial charge in [-0.15, -0.1) is 0 Å². The van der Waals surface area contributed by atoms with Gasteiger partial charge >= 0.3 is 0 Å². The molecule has 0 saturated heterocycles. The molecule has 0 unspecified atom stereocenters. The number of rotatable bonds is 9. The van der Waals surface area contributed by atoms with E-state index in [0.717, 1.165) is 26.1 Å². The molecule has 0 heterocycles. The predicted octanol–water partition coefficient (Wildman–Crippen LogP) is 2.98. The van der Waals surface area contributed by atoms with Gasteiger partial charge < -0.3 is 21.3 Å². The van der Waals surface area contributed by atoms with E-state index in [1.165, 1.54) is 0 Å². The van der Waals surface area contributed by atoms with Crippen LogP contribution in [-0.2, 0) is 0 Å². The number of hydrogen-bond acceptors (Lipinski definition) is 4. The highest BCUT2D eigenvalue weighted by Crippen LogP contribution is 2.18. The molecule has 2 rings (SSSR count). The summed E-state index contributed by atoms with van der Waals surface area (Å²) in [5.74, 6) is -0.395. The lowest BCUT2D eigenvalue weighted by atomic mass is 10.1. The Morgan fingerprint density at radius 1 is 0.926 bits per heavy atom. The van der Waals surface area contributed by atoms with Crippen LogP contribution in [0.15, 0.2) is 48.5 Å². The number of nitrogens with two attached hydrogens (primary N) is 1. The maximum absolute atomic E-state index is 12.3. The number of nitrogen functional groups attached to an aromatic ring is 1. The lowest BCUT2D eigenvalue weighted by molar-refractivity contribution is 0.0950. The van der Waals surface area contributed by atoms with Crippen LogP contribution in [0.4, 0.5) is 11.4 Å². The first-order chi connectivity index (χ1) is 13.0. The van der Waals surface area contributed by atoms with Crippen LogP contribution in [0, 0.1) is 0 Å². The molecule has 2 amide bonds. The molecule has 2 aromatic rings. The first-order valence-corrected chi connectivity index (χ1v) is 9.31. The van der Waals surface area contributed by atoms with E-state index in [4.69, 9.17) is 5.73 Å². The SMILES string of the molecule is CCN(CC)CCCNC(=O)c1ccc(C(=O)Nc2ccccc2N)cc1. The fourth-order valence-corrected chi connectivity index (χ4v) is 2.72. The van der Waals surface area contributed by atoms with Gasteiger partial charge in [-0.3, -0.25) is 9.59 Å². The Morgan fingerprint density at radius 2 is 1.52 bits per heavy atom. The third kappa shape index (κ3) is 6.11. The van der Waals surface area contributed by atoms with Crippen molar-refractivity contribution in [2.24, 2.45) is 0 Å². The van der Waals surface area contributed by atoms with Crippen LogP contribution in [0.1, 0.15) is 41.0 Å². The van der Waals surface area contributed by atoms with Gasteiger partial charge in [0.25, 0.3) is 11.8 Å². The second kappa shape index (κ2) is 10.3. The summed E-state index contributed by atoms with van der Waals surface area (Å²) in [6.07, 6.45) is 0.909. The van der Waals surface area contributed by atoms with Crippen LogP contribution in [0.5, 0.6) is 0 Å². The fraction of sp³-hybridized carbons (Fsp3) is 0.333. The number of para-hydroxylation sites is 2. The Labute approximate surface area is 160 Å². The minimum Gasteiger partial charge on any atom is -0.397 e. The Morgan fingerprint density at radius 3 is 2.11 bits per heavy atom. The number of carbonyl (C=O) groups is 2. The zero-order valence-corrected chi connectivity index (χ0v) is 16.0. The molecular weight excluding hydrogens is 340 g/mol. The van der Waals surface area contributed by atoms with Gasteiger partial charge in [-0.05, 0) is 62.5 Å². The van der Waals surface area contributed by atoms with E-state index < -0.39 is 0 Å². The maximum Gasteiger partial charge on any atom is 0.255 e. The lowest BCUT2D eigenvalue weighted by Crippen LogP contribution is -2.29. The molecule has 0 spiro atoms. The van der Waals surface area contributed by atoms with Crippen molar-refractivity contribution in [1.82, 2.24) is 10.2 Å². The molecular formula is C21H28N4O2. The number of hydrogen-bond donors (Lipinski definition) is 3. The van der Waals surface area contributed by atoms with E-state index in [2.05, 4.69) is 29.4 Å². The second-order valence-electron chi connectivity index (χ2n) is 6.26. The largest absolute Gasteiger partial charge is 0.397 e. The zero-order chi connectivity index (χ0) is 19.6. The monoisotopic (exact) mass is 368 g/mol. The van der Waals surface area contributed by atoms with E-state index in [1.807, 2.05) is 0 Å². The summed E-state index contributed by atoms with van der Waals surface area (Å²) in [6, 6.07) is 13.7. The maximum atomic E-state index is 12.3. The Hall–Kier alpha value is -2.86. The summed E-state index contributed by atoms with van der Waals surface area (Å²) in [7, 11) is 0. The number of nitrogens with zero attached hydrogens (tertiary/aromatic N) is 1. The summed E-state index contributed by atoms with van der Waals surface area (Å²) < 4.78 is 0. The van der Waals surface area contributed by atoms with Gasteiger partial charge in [0.2, 0.25) is 0 Å². The van der Waals surface area contributed by atoms with Gasteiger partial charge in [-0.2, -0.15) is 0 Å². The number of amides is 2. The molecule has 0 radical (unpaired) electrons. The number of benzene rings is 2. The smallest absolute Gasteiger partial charge is 0.255 e. The molecule has 144 valence electrons. The summed E-state index contributed by atoms with van der Waals surface area (Å²) in [5, 5.41) is 5.69. The Bertz CT molecular complexity index is 755. The van der Waals surface area contributed by atoms with Crippen LogP contribution < -0.4 is 16.4 Å². The standard InChI is InChI=1S/C21H28N4O2/c1-3-25(4-2)15-7-14-23-20(26)16-10-12-17(13-11-16)21(27)24-19-9-6-5-8-18(19)22/h5-6,8-13H,3-4,7,14-15,22H2,1-2H3,(H,23,26)(H,24,27). The zero-order valence-electron chi connectivity index (χ0n) is 16.0. The molecule has 0 aliphatic rings. The molecule has 27 heavy (non-hydrogen) atoms. The molecule has 4 N–H and O–H groups in total. The van der Waals surface area contributed by atoms with Gasteiger partial charge in [-0.25, -0.2) is 0 Å². The highest BCUT2D eigenvalue weighted by atomic mass is 16.2. The third-order valence-corrected chi connectivity index (χ3v) is 4.45. The van der Waals surface area contributed by atoms with Gasteiger partial charge in [0.15, 0.2) is 0 Å². The van der Waals surface area contributed by atoms with Crippen molar-refractivity contribution in [3.05, 3.63) is 59.7 Å². The number of anilines is 2. The first kappa shape index (κ1) is 20.5. The van der Waals surface area contributed by atoms with E-state index >= 15 is 0 Å². The second-order valence-corrected chi connectivity index (χ2v) is 6.26. The van der Waals surface area contributed by atoms with Crippen molar-refractivity contribution in [3.63, 3.8) is 0 Å². The minimum absolute atomic E-state index is 0.131. The van der Waals surface area contributed by atoms with Gasteiger partial charge in [0.05, 0.1) is 11.4 Å². The molecule has 0 aliphatic carbocycles. The molecule has 6 nitrogen and oxygen atoms in total. The summed E-state index contributed by atoms with van der Waals surface area (Å²) in [4.78, 5) is 26.8. The highest BCUT2D eigenvalue weighted by Gasteiger charge is 2.10. The molecule has 0 fully saturated rings. The summed E-state index contributed by atoms with van der Waals surface area (Å²) >= 11 is 0. The normalized spacial score (nSPS) is 10.6. The molecule has 6 heteroatoms. The third-order valence-electron chi connectivity index (χ3n) is 4.45. The van der Waals surface area contributed by atoms with Gasteiger partial charge in [0, 0.05) is 17.7 Å². The van der Waals surface area contributed by atoms with E-state index in [1.54, 1.807) is 48.5 Å². The van der Waals surface area contributed by atoms with E-state index in [-0.39, 0.29) is 11.8 Å². The van der Waals surface area contributed by atoms with Crippen molar-refractivity contribution in [2.45, 2.75) is 20.3 Å². The Kier molecular flexibility index (Phi) is 7.82. The molecule has 0 saturated carbocycles. The van der Waals surface area contributed by atoms with Crippen LogP contribution in [0.2, 0.25) is 0 Å². The van der Waals surface area contributed by atoms with Crippen LogP contribution in [0.25, 0.3) is 0 Å². The molecule has 0 aromatic heterocycles. The average Bonchev–Trinajstić information content (AvgIpc) is 2.69. The molecule has 0 atom stereocenters. The van der Waals surface area contributed by atoms with Gasteiger partial charge in [-0.1, -0.05) is 26.0 Å². The topological polar surface area (TPSA) is 87.5 Å². The van der Waals surface area contributed by atoms with Crippen LogP contribution >= 0.6 is 0 Å². The van der Waals surface area contributed by atoms with E-state index in [0.29, 0.717) is 29.0 Å². The summed E-state index contributed by atoms with van der Waals surface area (Å²) in [6.45, 7) is 7.89. The first-order valence-electron chi connectivity index (χ1n) is 9.31. The van der Waals surface area contributed by atoms with Crippen molar-refractivity contribution in [1.29, 1.82) is 0 Å². The van der Waals surface area contributed by atoms with E-state index in [9.17, 15) is 9.59 Å². The van der Waals surface area contributed by atoms with Crippen LogP contribution in [0.3, 0.4) is 0 Å².